The number of Topliss-reactive ketones (excluding diaryl/α,β-unsaturated/α-hetero) is 1. The Morgan fingerprint density at radius 1 is 1.22 bits per heavy atom. The van der Waals surface area contributed by atoms with Crippen molar-refractivity contribution in [2.45, 2.75) is 78.4 Å². The van der Waals surface area contributed by atoms with Gasteiger partial charge in [0, 0.05) is 34.8 Å². The van der Waals surface area contributed by atoms with Crippen LogP contribution in [0.5, 0.6) is 0 Å². The molecule has 0 radical (unpaired) electrons. The summed E-state index contributed by atoms with van der Waals surface area (Å²) in [6, 6.07) is 0. The zero-order chi connectivity index (χ0) is 23.6. The van der Waals surface area contributed by atoms with Crippen LogP contribution < -0.4 is 5.73 Å². The number of nitrogens with zero attached hydrogens (tertiary/aromatic N) is 1. The van der Waals surface area contributed by atoms with Gasteiger partial charge in [-0.2, -0.15) is 12.6 Å². The Morgan fingerprint density at radius 2 is 1.88 bits per heavy atom. The summed E-state index contributed by atoms with van der Waals surface area (Å²) in [5.41, 5.74) is 7.35. The molecule has 0 fully saturated rings. The van der Waals surface area contributed by atoms with Crippen molar-refractivity contribution in [3.05, 3.63) is 46.0 Å². The lowest BCUT2D eigenvalue weighted by Crippen LogP contribution is -2.40. The van der Waals surface area contributed by atoms with Gasteiger partial charge in [-0.25, -0.2) is 4.98 Å². The number of allylic oxidation sites excluding steroid dienone is 5. The van der Waals surface area contributed by atoms with Crippen LogP contribution in [0.2, 0.25) is 0 Å². The number of ketones is 2. The summed E-state index contributed by atoms with van der Waals surface area (Å²) in [7, 11) is 0. The Morgan fingerprint density at radius 3 is 2.41 bits per heavy atom. The molecule has 5 nitrogen and oxygen atoms in total. The van der Waals surface area contributed by atoms with E-state index in [0.717, 1.165) is 16.3 Å². The molecule has 2 atom stereocenters. The van der Waals surface area contributed by atoms with Crippen molar-refractivity contribution < 1.29 is 14.4 Å². The van der Waals surface area contributed by atoms with E-state index in [1.165, 1.54) is 6.92 Å². The number of thiazole rings is 1. The lowest BCUT2D eigenvalue weighted by molar-refractivity contribution is -0.123. The van der Waals surface area contributed by atoms with E-state index in [4.69, 9.17) is 5.73 Å². The van der Waals surface area contributed by atoms with Gasteiger partial charge in [0.2, 0.25) is 5.91 Å². The molecule has 7 heteroatoms. The molecule has 178 valence electrons. The maximum Gasteiger partial charge on any atom is 0.221 e. The van der Waals surface area contributed by atoms with Crippen molar-refractivity contribution >= 4 is 47.5 Å². The molecule has 0 bridgehead atoms. The predicted molar refractivity (Wildman–Crippen MR) is 139 cm³/mol. The molecular formula is C25H38N2O3S2. The number of amides is 1. The summed E-state index contributed by atoms with van der Waals surface area (Å²) in [5, 5.41) is 3.10. The van der Waals surface area contributed by atoms with E-state index in [0.29, 0.717) is 25.2 Å². The van der Waals surface area contributed by atoms with E-state index in [9.17, 15) is 14.4 Å². The Labute approximate surface area is 202 Å². The number of aromatic nitrogens is 1. The van der Waals surface area contributed by atoms with Crippen LogP contribution in [-0.4, -0.2) is 27.2 Å². The molecular weight excluding hydrogens is 440 g/mol. The summed E-state index contributed by atoms with van der Waals surface area (Å²) in [6.07, 6.45) is 10.5. The first-order valence-electron chi connectivity index (χ1n) is 10.4. The van der Waals surface area contributed by atoms with E-state index >= 15 is 0 Å². The number of carbonyl (C=O) groups is 3. The number of nitrogens with two attached hydrogens (primary N) is 1. The van der Waals surface area contributed by atoms with Crippen LogP contribution in [0.25, 0.3) is 6.08 Å². The highest BCUT2D eigenvalue weighted by Crippen LogP contribution is 2.35. The molecule has 0 aliphatic carbocycles. The average Bonchev–Trinajstić information content (AvgIpc) is 3.16. The first-order valence-corrected chi connectivity index (χ1v) is 11.8. The Hall–Kier alpha value is -1.99. The summed E-state index contributed by atoms with van der Waals surface area (Å²) < 4.78 is -0.785. The number of thiol groups is 1. The number of primary amides is 1. The third kappa shape index (κ3) is 10.6. The van der Waals surface area contributed by atoms with E-state index in [2.05, 4.69) is 31.5 Å². The Kier molecular flexibility index (Phi) is 13.3. The number of hydrogen-bond acceptors (Lipinski definition) is 6. The summed E-state index contributed by atoms with van der Waals surface area (Å²) in [6.45, 7) is 9.34. The first kappa shape index (κ1) is 30.0. The van der Waals surface area contributed by atoms with E-state index in [1.54, 1.807) is 30.4 Å². The Balaban J connectivity index is 0.00000961. The minimum absolute atomic E-state index is 0. The van der Waals surface area contributed by atoms with Crippen LogP contribution in [0.3, 0.4) is 0 Å². The van der Waals surface area contributed by atoms with Crippen LogP contribution in [0.15, 0.2) is 35.3 Å². The molecule has 1 aromatic rings. The van der Waals surface area contributed by atoms with Crippen LogP contribution in [0.1, 0.15) is 84.3 Å². The van der Waals surface area contributed by atoms with Crippen LogP contribution in [0.4, 0.5) is 0 Å². The predicted octanol–water partition coefficient (Wildman–Crippen LogP) is 5.93. The second kappa shape index (κ2) is 14.2. The molecule has 0 aromatic carbocycles. The van der Waals surface area contributed by atoms with Crippen molar-refractivity contribution in [2.24, 2.45) is 11.7 Å². The molecule has 0 spiro atoms. The summed E-state index contributed by atoms with van der Waals surface area (Å²) >= 11 is 6.27. The normalized spacial score (nSPS) is 15.0. The molecule has 0 saturated heterocycles. The van der Waals surface area contributed by atoms with Gasteiger partial charge in [0.1, 0.15) is 5.78 Å². The molecule has 32 heavy (non-hydrogen) atoms. The highest BCUT2D eigenvalue weighted by Gasteiger charge is 2.36. The third-order valence-corrected chi connectivity index (χ3v) is 7.02. The van der Waals surface area contributed by atoms with Gasteiger partial charge in [-0.05, 0) is 38.8 Å². The van der Waals surface area contributed by atoms with Crippen molar-refractivity contribution in [2.75, 3.05) is 0 Å². The molecule has 0 saturated carbocycles. The molecule has 1 heterocycles. The standard InChI is InChI=1S/C24H34N2O3S2.CH4/c1-16(2)23-26-20(15-31-23)8-6-7-9-21(28)11-10-17(3)12-13-24(30,14-18(4)27)19(5)22(25)29;/h6-10,15-16,19,30H,11-14H2,1-5H3,(H2,25,29);1H4/b8-6-,9-7+,17-10+;/t19?,24-;/m1./s1. The van der Waals surface area contributed by atoms with Gasteiger partial charge in [0.05, 0.1) is 10.7 Å². The number of hydrogen-bond donors (Lipinski definition) is 2. The fourth-order valence-corrected chi connectivity index (χ4v) is 4.24. The van der Waals surface area contributed by atoms with Gasteiger partial charge in [-0.1, -0.05) is 52.0 Å². The van der Waals surface area contributed by atoms with E-state index in [-0.39, 0.29) is 25.4 Å². The second-order valence-corrected chi connectivity index (χ2v) is 10.1. The smallest absolute Gasteiger partial charge is 0.221 e. The topological polar surface area (TPSA) is 90.1 Å². The lowest BCUT2D eigenvalue weighted by atomic mass is 9.83. The lowest BCUT2D eigenvalue weighted by Gasteiger charge is -2.32. The maximum absolute atomic E-state index is 12.1. The van der Waals surface area contributed by atoms with Gasteiger partial charge < -0.3 is 5.73 Å². The minimum atomic E-state index is -0.785. The van der Waals surface area contributed by atoms with Gasteiger partial charge in [-0.15, -0.1) is 11.3 Å². The van der Waals surface area contributed by atoms with Crippen LogP contribution >= 0.6 is 24.0 Å². The quantitative estimate of drug-likeness (QED) is 0.159. The van der Waals surface area contributed by atoms with Gasteiger partial charge in [0.25, 0.3) is 0 Å². The molecule has 1 aromatic heterocycles. The molecule has 2 N–H and O–H groups in total. The number of rotatable bonds is 13. The van der Waals surface area contributed by atoms with E-state index in [1.807, 2.05) is 30.5 Å². The molecule has 1 amide bonds. The SMILES string of the molecule is C.CC(=O)C[C@](S)(CC/C(C)=C/CC(=O)/C=C/C=C\c1csc(C(C)C)n1)C(C)C(N)=O. The van der Waals surface area contributed by atoms with Crippen molar-refractivity contribution in [1.29, 1.82) is 0 Å². The second-order valence-electron chi connectivity index (χ2n) is 8.31. The summed E-state index contributed by atoms with van der Waals surface area (Å²) in [5.74, 6) is -0.622. The van der Waals surface area contributed by atoms with Crippen molar-refractivity contribution in [3.63, 3.8) is 0 Å². The third-order valence-electron chi connectivity index (χ3n) is 5.09. The highest BCUT2D eigenvalue weighted by molar-refractivity contribution is 7.81. The number of carbonyl (C=O) groups excluding carboxylic acids is 3. The zero-order valence-electron chi connectivity index (χ0n) is 19.1. The largest absolute Gasteiger partial charge is 0.369 e. The average molecular weight is 479 g/mol. The summed E-state index contributed by atoms with van der Waals surface area (Å²) in [4.78, 5) is 39.8. The molecule has 0 aliphatic heterocycles. The first-order chi connectivity index (χ1) is 14.4. The van der Waals surface area contributed by atoms with Crippen molar-refractivity contribution in [3.8, 4) is 0 Å². The molecule has 1 rings (SSSR count). The fraction of sp³-hybridized carbons (Fsp3) is 0.520. The zero-order valence-corrected chi connectivity index (χ0v) is 20.8. The maximum atomic E-state index is 12.1. The monoisotopic (exact) mass is 478 g/mol. The Bertz CT molecular complexity index is 868. The molecule has 1 unspecified atom stereocenters. The van der Waals surface area contributed by atoms with Gasteiger partial charge >= 0.3 is 0 Å². The van der Waals surface area contributed by atoms with Crippen LogP contribution in [0, 0.1) is 5.92 Å². The fourth-order valence-electron chi connectivity index (χ4n) is 2.97. The van der Waals surface area contributed by atoms with E-state index < -0.39 is 16.6 Å². The highest BCUT2D eigenvalue weighted by atomic mass is 32.1. The molecule has 0 aliphatic rings. The van der Waals surface area contributed by atoms with Crippen LogP contribution in [-0.2, 0) is 14.4 Å². The minimum Gasteiger partial charge on any atom is -0.369 e. The van der Waals surface area contributed by atoms with Gasteiger partial charge in [0.15, 0.2) is 5.78 Å². The van der Waals surface area contributed by atoms with Crippen molar-refractivity contribution in [1.82, 2.24) is 4.98 Å². The van der Waals surface area contributed by atoms with Gasteiger partial charge in [-0.3, -0.25) is 14.4 Å².